The van der Waals surface area contributed by atoms with Crippen LogP contribution in [0.1, 0.15) is 32.6 Å². The highest BCUT2D eigenvalue weighted by Gasteiger charge is 2.41. The Balaban J connectivity index is 1.86. The van der Waals surface area contributed by atoms with Gasteiger partial charge in [0.15, 0.2) is 0 Å². The van der Waals surface area contributed by atoms with Gasteiger partial charge in [0.05, 0.1) is 19.2 Å². The SMILES string of the molecule is COC(=O)CN1CCN(C(=O)C2(N)CCCC(C)C2)CC1. The first kappa shape index (κ1) is 16.2. The lowest BCUT2D eigenvalue weighted by atomic mass is 9.76. The van der Waals surface area contributed by atoms with Crippen molar-refractivity contribution < 1.29 is 14.3 Å². The van der Waals surface area contributed by atoms with E-state index in [9.17, 15) is 9.59 Å². The van der Waals surface area contributed by atoms with Crippen LogP contribution in [0.25, 0.3) is 0 Å². The van der Waals surface area contributed by atoms with Crippen LogP contribution >= 0.6 is 0 Å². The molecular formula is C15H27N3O3. The van der Waals surface area contributed by atoms with E-state index in [1.165, 1.54) is 13.5 Å². The number of nitrogens with zero attached hydrogens (tertiary/aromatic N) is 2. The van der Waals surface area contributed by atoms with Crippen molar-refractivity contribution in [3.8, 4) is 0 Å². The molecule has 1 aliphatic carbocycles. The van der Waals surface area contributed by atoms with Gasteiger partial charge in [0.2, 0.25) is 5.91 Å². The molecule has 1 saturated carbocycles. The summed E-state index contributed by atoms with van der Waals surface area (Å²) in [4.78, 5) is 27.8. The fourth-order valence-corrected chi connectivity index (χ4v) is 3.46. The average Bonchev–Trinajstić information content (AvgIpc) is 2.47. The number of amides is 1. The Morgan fingerprint density at radius 3 is 2.52 bits per heavy atom. The fraction of sp³-hybridized carbons (Fsp3) is 0.867. The molecule has 0 aromatic carbocycles. The summed E-state index contributed by atoms with van der Waals surface area (Å²) >= 11 is 0. The predicted octanol–water partition coefficient (Wildman–Crippen LogP) is 0.211. The zero-order chi connectivity index (χ0) is 15.5. The van der Waals surface area contributed by atoms with E-state index in [0.717, 1.165) is 19.3 Å². The Bertz CT molecular complexity index is 394. The van der Waals surface area contributed by atoms with Gasteiger partial charge in [-0.15, -0.1) is 0 Å². The van der Waals surface area contributed by atoms with E-state index >= 15 is 0 Å². The molecule has 2 fully saturated rings. The Morgan fingerprint density at radius 2 is 1.95 bits per heavy atom. The van der Waals surface area contributed by atoms with Gasteiger partial charge in [0.1, 0.15) is 0 Å². The first-order valence-electron chi connectivity index (χ1n) is 7.82. The third-order valence-corrected chi connectivity index (χ3v) is 4.70. The van der Waals surface area contributed by atoms with Crippen LogP contribution in [0, 0.1) is 5.92 Å². The lowest BCUT2D eigenvalue weighted by molar-refractivity contribution is -0.144. The lowest BCUT2D eigenvalue weighted by Gasteiger charge is -2.42. The van der Waals surface area contributed by atoms with Gasteiger partial charge in [0, 0.05) is 26.2 Å². The fourth-order valence-electron chi connectivity index (χ4n) is 3.46. The topological polar surface area (TPSA) is 75.9 Å². The molecule has 6 nitrogen and oxygen atoms in total. The molecule has 0 radical (unpaired) electrons. The number of ether oxygens (including phenoxy) is 1. The van der Waals surface area contributed by atoms with Gasteiger partial charge < -0.3 is 15.4 Å². The number of rotatable bonds is 3. The molecule has 0 bridgehead atoms. The molecule has 2 aliphatic rings. The van der Waals surface area contributed by atoms with Gasteiger partial charge in [0.25, 0.3) is 0 Å². The summed E-state index contributed by atoms with van der Waals surface area (Å²) in [7, 11) is 1.39. The van der Waals surface area contributed by atoms with Crippen molar-refractivity contribution in [3.05, 3.63) is 0 Å². The van der Waals surface area contributed by atoms with Crippen molar-refractivity contribution in [2.45, 2.75) is 38.1 Å². The van der Waals surface area contributed by atoms with Crippen LogP contribution in [0.2, 0.25) is 0 Å². The van der Waals surface area contributed by atoms with Gasteiger partial charge in [-0.25, -0.2) is 0 Å². The third-order valence-electron chi connectivity index (χ3n) is 4.70. The van der Waals surface area contributed by atoms with Crippen LogP contribution in [0.3, 0.4) is 0 Å². The number of piperazine rings is 1. The van der Waals surface area contributed by atoms with Crippen LogP contribution in [0.5, 0.6) is 0 Å². The summed E-state index contributed by atoms with van der Waals surface area (Å²) in [5.41, 5.74) is 5.70. The van der Waals surface area contributed by atoms with Gasteiger partial charge in [-0.3, -0.25) is 14.5 Å². The minimum Gasteiger partial charge on any atom is -0.468 e. The second-order valence-electron chi connectivity index (χ2n) is 6.50. The number of esters is 1. The smallest absolute Gasteiger partial charge is 0.319 e. The van der Waals surface area contributed by atoms with Crippen molar-refractivity contribution in [2.75, 3.05) is 39.8 Å². The molecular weight excluding hydrogens is 270 g/mol. The van der Waals surface area contributed by atoms with Crippen molar-refractivity contribution in [1.29, 1.82) is 0 Å². The van der Waals surface area contributed by atoms with E-state index in [1.807, 2.05) is 9.80 Å². The quantitative estimate of drug-likeness (QED) is 0.754. The van der Waals surface area contributed by atoms with E-state index in [-0.39, 0.29) is 11.9 Å². The maximum absolute atomic E-state index is 12.7. The van der Waals surface area contributed by atoms with E-state index in [4.69, 9.17) is 5.73 Å². The number of carbonyl (C=O) groups excluding carboxylic acids is 2. The second kappa shape index (κ2) is 6.75. The molecule has 2 atom stereocenters. The Kier molecular flexibility index (Phi) is 5.22. The van der Waals surface area contributed by atoms with Crippen LogP contribution in [0.15, 0.2) is 0 Å². The first-order valence-corrected chi connectivity index (χ1v) is 7.82. The van der Waals surface area contributed by atoms with Gasteiger partial charge >= 0.3 is 5.97 Å². The molecule has 1 saturated heterocycles. The lowest BCUT2D eigenvalue weighted by Crippen LogP contribution is -2.61. The maximum atomic E-state index is 12.7. The summed E-state index contributed by atoms with van der Waals surface area (Å²) in [6.45, 7) is 5.15. The molecule has 21 heavy (non-hydrogen) atoms. The molecule has 1 heterocycles. The van der Waals surface area contributed by atoms with E-state index in [1.54, 1.807) is 0 Å². The van der Waals surface area contributed by atoms with Crippen LogP contribution in [-0.4, -0.2) is 67.0 Å². The second-order valence-corrected chi connectivity index (χ2v) is 6.50. The van der Waals surface area contributed by atoms with Crippen molar-refractivity contribution in [1.82, 2.24) is 9.80 Å². The molecule has 2 N–H and O–H groups in total. The molecule has 2 unspecified atom stereocenters. The summed E-state index contributed by atoms with van der Waals surface area (Å²) in [5, 5.41) is 0. The molecule has 0 spiro atoms. The molecule has 120 valence electrons. The number of hydrogen-bond donors (Lipinski definition) is 1. The van der Waals surface area contributed by atoms with Crippen LogP contribution in [-0.2, 0) is 14.3 Å². The minimum atomic E-state index is -0.678. The first-order chi connectivity index (χ1) is 9.94. The maximum Gasteiger partial charge on any atom is 0.319 e. The highest BCUT2D eigenvalue weighted by molar-refractivity contribution is 5.86. The highest BCUT2D eigenvalue weighted by Crippen LogP contribution is 2.32. The van der Waals surface area contributed by atoms with Crippen molar-refractivity contribution in [3.63, 3.8) is 0 Å². The average molecular weight is 297 g/mol. The highest BCUT2D eigenvalue weighted by atomic mass is 16.5. The van der Waals surface area contributed by atoms with Crippen LogP contribution < -0.4 is 5.73 Å². The zero-order valence-electron chi connectivity index (χ0n) is 13.1. The van der Waals surface area contributed by atoms with Gasteiger partial charge in [-0.05, 0) is 18.8 Å². The molecule has 0 aromatic heterocycles. The number of carbonyl (C=O) groups is 2. The number of nitrogens with two attached hydrogens (primary N) is 1. The number of hydrogen-bond acceptors (Lipinski definition) is 5. The third kappa shape index (κ3) is 3.95. The molecule has 1 aliphatic heterocycles. The van der Waals surface area contributed by atoms with E-state index < -0.39 is 5.54 Å². The summed E-state index contributed by atoms with van der Waals surface area (Å²) in [6.07, 6.45) is 3.78. The molecule has 0 aromatic rings. The monoisotopic (exact) mass is 297 g/mol. The zero-order valence-corrected chi connectivity index (χ0v) is 13.1. The standard InChI is InChI=1S/C15H27N3O3/c1-12-4-3-5-15(16,10-12)14(20)18-8-6-17(7-9-18)11-13(19)21-2/h12H,3-11,16H2,1-2H3. The molecule has 1 amide bonds. The van der Waals surface area contributed by atoms with Gasteiger partial charge in [-0.1, -0.05) is 19.8 Å². The van der Waals surface area contributed by atoms with Gasteiger partial charge in [-0.2, -0.15) is 0 Å². The van der Waals surface area contributed by atoms with Crippen molar-refractivity contribution in [2.24, 2.45) is 11.7 Å². The van der Waals surface area contributed by atoms with Crippen molar-refractivity contribution >= 4 is 11.9 Å². The van der Waals surface area contributed by atoms with Crippen LogP contribution in [0.4, 0.5) is 0 Å². The Morgan fingerprint density at radius 1 is 1.29 bits per heavy atom. The summed E-state index contributed by atoms with van der Waals surface area (Å²) < 4.78 is 4.67. The van der Waals surface area contributed by atoms with E-state index in [2.05, 4.69) is 11.7 Å². The normalized spacial score (nSPS) is 31.0. The minimum absolute atomic E-state index is 0.0896. The number of methoxy groups -OCH3 is 1. The predicted molar refractivity (Wildman–Crippen MR) is 79.6 cm³/mol. The Hall–Kier alpha value is -1.14. The Labute approximate surface area is 126 Å². The summed E-state index contributed by atoms with van der Waals surface area (Å²) in [5.74, 6) is 0.381. The van der Waals surface area contributed by atoms with E-state index in [0.29, 0.717) is 38.6 Å². The summed E-state index contributed by atoms with van der Waals surface area (Å²) in [6, 6.07) is 0. The largest absolute Gasteiger partial charge is 0.468 e. The molecule has 6 heteroatoms. The molecule has 2 rings (SSSR count).